The number of hydrogen-bond donors (Lipinski definition) is 2. The first kappa shape index (κ1) is 9.01. The molecular weight excluding hydrogens is 138 g/mol. The largest absolute Gasteiger partial charge is 0.396 e. The Morgan fingerprint density at radius 2 is 2.27 bits per heavy atom. The molecular formula is C9H19NO. The van der Waals surface area contributed by atoms with E-state index in [-0.39, 0.29) is 0 Å². The summed E-state index contributed by atoms with van der Waals surface area (Å²) in [5.41, 5.74) is 0. The number of nitrogens with one attached hydrogen (secondary N) is 1. The Morgan fingerprint density at radius 1 is 1.55 bits per heavy atom. The molecule has 0 aromatic heterocycles. The molecule has 0 aromatic carbocycles. The Hall–Kier alpha value is -0.0800. The molecule has 66 valence electrons. The average Bonchev–Trinajstić information content (AvgIpc) is 2.36. The second-order valence-corrected chi connectivity index (χ2v) is 3.78. The van der Waals surface area contributed by atoms with Crippen LogP contribution in [0.4, 0.5) is 0 Å². The van der Waals surface area contributed by atoms with Gasteiger partial charge in [-0.25, -0.2) is 0 Å². The van der Waals surface area contributed by atoms with Gasteiger partial charge in [0.05, 0.1) is 0 Å². The van der Waals surface area contributed by atoms with Crippen LogP contribution < -0.4 is 5.32 Å². The van der Waals surface area contributed by atoms with E-state index in [0.717, 1.165) is 13.0 Å². The summed E-state index contributed by atoms with van der Waals surface area (Å²) in [4.78, 5) is 0. The molecule has 0 bridgehead atoms. The van der Waals surface area contributed by atoms with Crippen molar-refractivity contribution in [3.05, 3.63) is 0 Å². The number of rotatable bonds is 3. The summed E-state index contributed by atoms with van der Waals surface area (Å²) in [7, 11) is 0. The lowest BCUT2D eigenvalue weighted by Crippen LogP contribution is -2.32. The van der Waals surface area contributed by atoms with E-state index in [0.29, 0.717) is 24.5 Å². The van der Waals surface area contributed by atoms with E-state index in [1.807, 2.05) is 0 Å². The smallest absolute Gasteiger partial charge is 0.0434 e. The van der Waals surface area contributed by atoms with Crippen molar-refractivity contribution in [1.82, 2.24) is 5.32 Å². The molecule has 1 fully saturated rings. The lowest BCUT2D eigenvalue weighted by Gasteiger charge is -2.22. The zero-order chi connectivity index (χ0) is 8.27. The van der Waals surface area contributed by atoms with E-state index in [1.54, 1.807) is 0 Å². The van der Waals surface area contributed by atoms with Crippen LogP contribution in [0.1, 0.15) is 26.7 Å². The van der Waals surface area contributed by atoms with Gasteiger partial charge in [-0.05, 0) is 31.2 Å². The Labute approximate surface area is 69.0 Å². The van der Waals surface area contributed by atoms with Crippen LogP contribution in [-0.2, 0) is 0 Å². The Balaban J connectivity index is 2.37. The quantitative estimate of drug-likeness (QED) is 0.640. The molecule has 0 amide bonds. The maximum Gasteiger partial charge on any atom is 0.0434 e. The van der Waals surface area contributed by atoms with E-state index in [1.165, 1.54) is 6.42 Å². The topological polar surface area (TPSA) is 32.3 Å². The van der Waals surface area contributed by atoms with Gasteiger partial charge >= 0.3 is 0 Å². The lowest BCUT2D eigenvalue weighted by molar-refractivity contribution is 0.234. The van der Waals surface area contributed by atoms with Crippen molar-refractivity contribution in [3.63, 3.8) is 0 Å². The summed E-state index contributed by atoms with van der Waals surface area (Å²) in [6.45, 7) is 5.96. The Morgan fingerprint density at radius 3 is 2.82 bits per heavy atom. The molecule has 2 unspecified atom stereocenters. The van der Waals surface area contributed by atoms with Gasteiger partial charge in [-0.2, -0.15) is 0 Å². The third-order valence-corrected chi connectivity index (χ3v) is 2.62. The van der Waals surface area contributed by atoms with Crippen LogP contribution in [0, 0.1) is 11.8 Å². The highest BCUT2D eigenvalue weighted by Crippen LogP contribution is 2.24. The highest BCUT2D eigenvalue weighted by molar-refractivity contribution is 4.85. The molecule has 0 aromatic rings. The summed E-state index contributed by atoms with van der Waals surface area (Å²) in [5, 5.41) is 12.3. The van der Waals surface area contributed by atoms with Crippen LogP contribution in [0.2, 0.25) is 0 Å². The fourth-order valence-corrected chi connectivity index (χ4v) is 2.05. The molecule has 2 N–H and O–H groups in total. The van der Waals surface area contributed by atoms with Gasteiger partial charge in [0, 0.05) is 12.6 Å². The molecule has 1 saturated heterocycles. The monoisotopic (exact) mass is 157 g/mol. The maximum atomic E-state index is 8.80. The predicted molar refractivity (Wildman–Crippen MR) is 46.4 cm³/mol. The molecule has 0 saturated carbocycles. The van der Waals surface area contributed by atoms with Crippen LogP contribution >= 0.6 is 0 Å². The van der Waals surface area contributed by atoms with Gasteiger partial charge in [-0.3, -0.25) is 0 Å². The van der Waals surface area contributed by atoms with Crippen molar-refractivity contribution >= 4 is 0 Å². The molecule has 1 heterocycles. The summed E-state index contributed by atoms with van der Waals surface area (Å²) < 4.78 is 0. The summed E-state index contributed by atoms with van der Waals surface area (Å²) in [6, 6.07) is 0.641. The predicted octanol–water partition coefficient (Wildman–Crippen LogP) is 1.00. The summed E-state index contributed by atoms with van der Waals surface area (Å²) in [5.74, 6) is 1.41. The van der Waals surface area contributed by atoms with Gasteiger partial charge in [0.1, 0.15) is 0 Å². The molecule has 0 spiro atoms. The van der Waals surface area contributed by atoms with Crippen molar-refractivity contribution < 1.29 is 5.11 Å². The van der Waals surface area contributed by atoms with Crippen LogP contribution in [0.5, 0.6) is 0 Å². The fraction of sp³-hybridized carbons (Fsp3) is 1.00. The molecule has 11 heavy (non-hydrogen) atoms. The van der Waals surface area contributed by atoms with Crippen molar-refractivity contribution in [1.29, 1.82) is 0 Å². The highest BCUT2D eigenvalue weighted by atomic mass is 16.3. The van der Waals surface area contributed by atoms with Gasteiger partial charge in [0.15, 0.2) is 0 Å². The van der Waals surface area contributed by atoms with Crippen molar-refractivity contribution in [2.45, 2.75) is 32.7 Å². The molecule has 2 heteroatoms. The van der Waals surface area contributed by atoms with Gasteiger partial charge < -0.3 is 10.4 Å². The molecule has 1 aliphatic rings. The van der Waals surface area contributed by atoms with Gasteiger partial charge in [0.25, 0.3) is 0 Å². The van der Waals surface area contributed by atoms with E-state index in [4.69, 9.17) is 5.11 Å². The van der Waals surface area contributed by atoms with Crippen LogP contribution in [0.25, 0.3) is 0 Å². The zero-order valence-electron chi connectivity index (χ0n) is 7.51. The van der Waals surface area contributed by atoms with E-state index >= 15 is 0 Å². The van der Waals surface area contributed by atoms with Gasteiger partial charge in [-0.15, -0.1) is 0 Å². The average molecular weight is 157 g/mol. The zero-order valence-corrected chi connectivity index (χ0v) is 7.51. The number of hydrogen-bond acceptors (Lipinski definition) is 2. The van der Waals surface area contributed by atoms with E-state index < -0.39 is 0 Å². The standard InChI is InChI=1S/C9H19NO/c1-7(2)9-8(4-6-11)3-5-10-9/h7-11H,3-6H2,1-2H3. The van der Waals surface area contributed by atoms with Crippen molar-refractivity contribution in [2.24, 2.45) is 11.8 Å². The fourth-order valence-electron chi connectivity index (χ4n) is 2.05. The molecule has 2 nitrogen and oxygen atoms in total. The summed E-state index contributed by atoms with van der Waals surface area (Å²) >= 11 is 0. The van der Waals surface area contributed by atoms with Crippen LogP contribution in [0.3, 0.4) is 0 Å². The first-order valence-corrected chi connectivity index (χ1v) is 4.60. The molecule has 1 aliphatic heterocycles. The molecule has 2 atom stereocenters. The lowest BCUT2D eigenvalue weighted by atomic mass is 9.90. The third kappa shape index (κ3) is 2.17. The SMILES string of the molecule is CC(C)C1NCCC1CCO. The van der Waals surface area contributed by atoms with Gasteiger partial charge in [0.2, 0.25) is 0 Å². The second kappa shape index (κ2) is 4.07. The van der Waals surface area contributed by atoms with Crippen LogP contribution in [0.15, 0.2) is 0 Å². The third-order valence-electron chi connectivity index (χ3n) is 2.62. The second-order valence-electron chi connectivity index (χ2n) is 3.78. The minimum absolute atomic E-state index is 0.343. The van der Waals surface area contributed by atoms with Crippen molar-refractivity contribution in [2.75, 3.05) is 13.2 Å². The van der Waals surface area contributed by atoms with E-state index in [9.17, 15) is 0 Å². The molecule has 1 rings (SSSR count). The molecule has 0 aliphatic carbocycles. The normalized spacial score (nSPS) is 31.6. The van der Waals surface area contributed by atoms with E-state index in [2.05, 4.69) is 19.2 Å². The first-order chi connectivity index (χ1) is 5.25. The van der Waals surface area contributed by atoms with Crippen LogP contribution in [-0.4, -0.2) is 24.3 Å². The minimum atomic E-state index is 0.343. The van der Waals surface area contributed by atoms with Gasteiger partial charge in [-0.1, -0.05) is 13.8 Å². The molecule has 0 radical (unpaired) electrons. The highest BCUT2D eigenvalue weighted by Gasteiger charge is 2.28. The van der Waals surface area contributed by atoms with Crippen molar-refractivity contribution in [3.8, 4) is 0 Å². The minimum Gasteiger partial charge on any atom is -0.396 e. The Kier molecular flexibility index (Phi) is 3.34. The number of aliphatic hydroxyl groups is 1. The first-order valence-electron chi connectivity index (χ1n) is 4.60. The summed E-state index contributed by atoms with van der Waals surface area (Å²) in [6.07, 6.45) is 2.21. The maximum absolute atomic E-state index is 8.80. The number of aliphatic hydroxyl groups excluding tert-OH is 1. The Bertz CT molecular complexity index is 114.